The van der Waals surface area contributed by atoms with E-state index in [1.807, 2.05) is 19.1 Å². The first kappa shape index (κ1) is 13.5. The Bertz CT molecular complexity index is 326. The van der Waals surface area contributed by atoms with Crippen molar-refractivity contribution in [2.45, 2.75) is 45.6 Å². The number of hydrazine groups is 1. The third-order valence-electron chi connectivity index (χ3n) is 2.88. The standard InChI is InChI=1S/C13H21ClN2/c1-3-4-5-6-13(16-15)11-7-8-12(14)10(2)9-11/h7-9,13,16H,3-6,15H2,1-2H3. The predicted molar refractivity (Wildman–Crippen MR) is 70.4 cm³/mol. The van der Waals surface area contributed by atoms with E-state index in [2.05, 4.69) is 18.4 Å². The summed E-state index contributed by atoms with van der Waals surface area (Å²) in [5.41, 5.74) is 5.21. The van der Waals surface area contributed by atoms with Crippen LogP contribution in [-0.4, -0.2) is 0 Å². The van der Waals surface area contributed by atoms with Gasteiger partial charge in [0.2, 0.25) is 0 Å². The van der Waals surface area contributed by atoms with Gasteiger partial charge in [-0.3, -0.25) is 11.3 Å². The lowest BCUT2D eigenvalue weighted by Crippen LogP contribution is -2.28. The van der Waals surface area contributed by atoms with Crippen LogP contribution in [0.2, 0.25) is 5.02 Å². The lowest BCUT2D eigenvalue weighted by Gasteiger charge is -2.17. The quantitative estimate of drug-likeness (QED) is 0.452. The van der Waals surface area contributed by atoms with Gasteiger partial charge in [0.05, 0.1) is 0 Å². The summed E-state index contributed by atoms with van der Waals surface area (Å²) in [4.78, 5) is 0. The van der Waals surface area contributed by atoms with Crippen LogP contribution in [0.1, 0.15) is 49.8 Å². The van der Waals surface area contributed by atoms with Crippen molar-refractivity contribution < 1.29 is 0 Å². The minimum atomic E-state index is 0.238. The molecule has 3 heteroatoms. The van der Waals surface area contributed by atoms with Gasteiger partial charge in [-0.05, 0) is 30.5 Å². The van der Waals surface area contributed by atoms with Gasteiger partial charge < -0.3 is 0 Å². The van der Waals surface area contributed by atoms with Crippen molar-refractivity contribution in [3.05, 3.63) is 34.3 Å². The second-order valence-electron chi connectivity index (χ2n) is 4.22. The van der Waals surface area contributed by atoms with Crippen molar-refractivity contribution >= 4 is 11.6 Å². The molecule has 1 unspecified atom stereocenters. The third kappa shape index (κ3) is 3.78. The SMILES string of the molecule is CCCCCC(NN)c1ccc(Cl)c(C)c1. The molecular weight excluding hydrogens is 220 g/mol. The summed E-state index contributed by atoms with van der Waals surface area (Å²) in [6.45, 7) is 4.22. The maximum atomic E-state index is 6.00. The van der Waals surface area contributed by atoms with Crippen LogP contribution in [0.3, 0.4) is 0 Å². The van der Waals surface area contributed by atoms with E-state index in [4.69, 9.17) is 17.4 Å². The molecule has 0 heterocycles. The monoisotopic (exact) mass is 240 g/mol. The van der Waals surface area contributed by atoms with Crippen molar-refractivity contribution in [1.82, 2.24) is 5.43 Å². The van der Waals surface area contributed by atoms with E-state index in [9.17, 15) is 0 Å². The molecule has 16 heavy (non-hydrogen) atoms. The Morgan fingerprint density at radius 1 is 1.38 bits per heavy atom. The fraction of sp³-hybridized carbons (Fsp3) is 0.538. The number of benzene rings is 1. The van der Waals surface area contributed by atoms with E-state index in [0.29, 0.717) is 0 Å². The first-order valence-corrected chi connectivity index (χ1v) is 6.29. The number of nitrogens with one attached hydrogen (secondary N) is 1. The third-order valence-corrected chi connectivity index (χ3v) is 3.31. The highest BCUT2D eigenvalue weighted by molar-refractivity contribution is 6.31. The average molecular weight is 241 g/mol. The number of unbranched alkanes of at least 4 members (excludes halogenated alkanes) is 2. The Morgan fingerprint density at radius 2 is 2.12 bits per heavy atom. The summed E-state index contributed by atoms with van der Waals surface area (Å²) in [7, 11) is 0. The molecular formula is C13H21ClN2. The fourth-order valence-corrected chi connectivity index (χ4v) is 1.95. The van der Waals surface area contributed by atoms with E-state index in [1.165, 1.54) is 24.8 Å². The lowest BCUT2D eigenvalue weighted by molar-refractivity contribution is 0.486. The number of hydrogen-bond acceptors (Lipinski definition) is 2. The maximum Gasteiger partial charge on any atom is 0.0460 e. The smallest absolute Gasteiger partial charge is 0.0460 e. The molecule has 0 aliphatic carbocycles. The second kappa shape index (κ2) is 6.89. The van der Waals surface area contributed by atoms with Crippen LogP contribution in [-0.2, 0) is 0 Å². The molecule has 1 aromatic carbocycles. The van der Waals surface area contributed by atoms with Crippen molar-refractivity contribution in [2.75, 3.05) is 0 Å². The molecule has 1 aromatic rings. The Hall–Kier alpha value is -0.570. The van der Waals surface area contributed by atoms with Gasteiger partial charge >= 0.3 is 0 Å². The average Bonchev–Trinajstić information content (AvgIpc) is 2.29. The van der Waals surface area contributed by atoms with Gasteiger partial charge in [0.25, 0.3) is 0 Å². The molecule has 0 fully saturated rings. The number of rotatable bonds is 6. The van der Waals surface area contributed by atoms with Crippen LogP contribution in [0.15, 0.2) is 18.2 Å². The van der Waals surface area contributed by atoms with Crippen LogP contribution in [0.5, 0.6) is 0 Å². The number of halogens is 1. The molecule has 0 amide bonds. The van der Waals surface area contributed by atoms with Crippen LogP contribution in [0, 0.1) is 6.92 Å². The van der Waals surface area contributed by atoms with Gasteiger partial charge in [-0.25, -0.2) is 0 Å². The highest BCUT2D eigenvalue weighted by Gasteiger charge is 2.09. The fourth-order valence-electron chi connectivity index (χ4n) is 1.83. The lowest BCUT2D eigenvalue weighted by atomic mass is 9.99. The molecule has 3 N–H and O–H groups in total. The Labute approximate surface area is 103 Å². The van der Waals surface area contributed by atoms with Crippen LogP contribution >= 0.6 is 11.6 Å². The molecule has 0 aliphatic heterocycles. The van der Waals surface area contributed by atoms with Gasteiger partial charge in [-0.1, -0.05) is 49.9 Å². The van der Waals surface area contributed by atoms with Crippen LogP contribution < -0.4 is 11.3 Å². The van der Waals surface area contributed by atoms with E-state index in [1.54, 1.807) is 0 Å². The number of aryl methyl sites for hydroxylation is 1. The summed E-state index contributed by atoms with van der Waals surface area (Å²) in [6, 6.07) is 6.34. The maximum absolute atomic E-state index is 6.00. The van der Waals surface area contributed by atoms with Gasteiger partial charge in [-0.2, -0.15) is 0 Å². The molecule has 0 radical (unpaired) electrons. The molecule has 0 spiro atoms. The molecule has 0 saturated carbocycles. The molecule has 1 atom stereocenters. The van der Waals surface area contributed by atoms with E-state index in [-0.39, 0.29) is 6.04 Å². The van der Waals surface area contributed by atoms with E-state index >= 15 is 0 Å². The van der Waals surface area contributed by atoms with Crippen molar-refractivity contribution in [1.29, 1.82) is 0 Å². The molecule has 0 saturated heterocycles. The largest absolute Gasteiger partial charge is 0.271 e. The molecule has 1 rings (SSSR count). The van der Waals surface area contributed by atoms with Gasteiger partial charge in [0, 0.05) is 11.1 Å². The summed E-state index contributed by atoms with van der Waals surface area (Å²) in [6.07, 6.45) is 4.76. The normalized spacial score (nSPS) is 12.8. The topological polar surface area (TPSA) is 38.0 Å². The molecule has 0 aliphatic rings. The minimum Gasteiger partial charge on any atom is -0.271 e. The van der Waals surface area contributed by atoms with Crippen molar-refractivity contribution in [3.8, 4) is 0 Å². The van der Waals surface area contributed by atoms with Gasteiger partial charge in [0.1, 0.15) is 0 Å². The highest BCUT2D eigenvalue weighted by Crippen LogP contribution is 2.23. The Morgan fingerprint density at radius 3 is 2.69 bits per heavy atom. The predicted octanol–water partition coefficient (Wildman–Crippen LogP) is 3.73. The Balaban J connectivity index is 2.67. The molecule has 2 nitrogen and oxygen atoms in total. The summed E-state index contributed by atoms with van der Waals surface area (Å²) in [5.74, 6) is 5.59. The molecule has 90 valence electrons. The van der Waals surface area contributed by atoms with Crippen molar-refractivity contribution in [3.63, 3.8) is 0 Å². The summed E-state index contributed by atoms with van der Waals surface area (Å²) >= 11 is 6.00. The highest BCUT2D eigenvalue weighted by atomic mass is 35.5. The zero-order valence-electron chi connectivity index (χ0n) is 10.1. The van der Waals surface area contributed by atoms with E-state index < -0.39 is 0 Å². The second-order valence-corrected chi connectivity index (χ2v) is 4.63. The van der Waals surface area contributed by atoms with Gasteiger partial charge in [-0.15, -0.1) is 0 Å². The van der Waals surface area contributed by atoms with E-state index in [0.717, 1.165) is 17.0 Å². The zero-order chi connectivity index (χ0) is 12.0. The summed E-state index contributed by atoms with van der Waals surface area (Å²) < 4.78 is 0. The Kier molecular flexibility index (Phi) is 5.81. The van der Waals surface area contributed by atoms with Crippen LogP contribution in [0.25, 0.3) is 0 Å². The minimum absolute atomic E-state index is 0.238. The molecule has 0 bridgehead atoms. The zero-order valence-corrected chi connectivity index (χ0v) is 10.8. The first-order chi connectivity index (χ1) is 7.69. The summed E-state index contributed by atoms with van der Waals surface area (Å²) in [5, 5.41) is 0.813. The number of hydrogen-bond donors (Lipinski definition) is 2. The van der Waals surface area contributed by atoms with Crippen LogP contribution in [0.4, 0.5) is 0 Å². The van der Waals surface area contributed by atoms with Gasteiger partial charge in [0.15, 0.2) is 0 Å². The van der Waals surface area contributed by atoms with Crippen molar-refractivity contribution in [2.24, 2.45) is 5.84 Å². The number of nitrogens with two attached hydrogens (primary N) is 1. The molecule has 0 aromatic heterocycles. The first-order valence-electron chi connectivity index (χ1n) is 5.91.